The van der Waals surface area contributed by atoms with Crippen LogP contribution >= 0.6 is 0 Å². The summed E-state index contributed by atoms with van der Waals surface area (Å²) in [7, 11) is 0. The van der Waals surface area contributed by atoms with Crippen LogP contribution in [0.1, 0.15) is 35.8 Å². The van der Waals surface area contributed by atoms with Crippen LogP contribution in [0.4, 0.5) is 0 Å². The summed E-state index contributed by atoms with van der Waals surface area (Å²) in [5.41, 5.74) is 2.75. The maximum absolute atomic E-state index is 5.41. The first-order chi connectivity index (χ1) is 11.9. The Morgan fingerprint density at radius 2 is 1.79 bits per heavy atom. The first kappa shape index (κ1) is 15.7. The second kappa shape index (κ2) is 7.42. The summed E-state index contributed by atoms with van der Waals surface area (Å²) in [5.74, 6) is 0.997. The summed E-state index contributed by atoms with van der Waals surface area (Å²) in [5, 5.41) is 7.03. The fourth-order valence-electron chi connectivity index (χ4n) is 3.70. The van der Waals surface area contributed by atoms with Gasteiger partial charge in [0.1, 0.15) is 12.2 Å². The number of nitrogens with zero attached hydrogens (tertiary/aromatic N) is 4. The van der Waals surface area contributed by atoms with Crippen molar-refractivity contribution in [3.8, 4) is 0 Å². The summed E-state index contributed by atoms with van der Waals surface area (Å²) < 4.78 is 5.41. The van der Waals surface area contributed by atoms with Crippen LogP contribution in [-0.2, 0) is 17.8 Å². The molecular weight excluding hydrogens is 302 g/mol. The van der Waals surface area contributed by atoms with Crippen molar-refractivity contribution in [2.24, 2.45) is 0 Å². The topological polar surface area (TPSA) is 57.3 Å². The van der Waals surface area contributed by atoms with E-state index in [1.807, 2.05) is 0 Å². The third kappa shape index (κ3) is 3.66. The third-order valence-electron chi connectivity index (χ3n) is 5.03. The lowest BCUT2D eigenvalue weighted by molar-refractivity contribution is 0.0342. The first-order valence-corrected chi connectivity index (χ1v) is 8.86. The van der Waals surface area contributed by atoms with Gasteiger partial charge in [-0.15, -0.1) is 0 Å². The van der Waals surface area contributed by atoms with E-state index in [0.717, 1.165) is 58.2 Å². The standard InChI is InChI=1S/C18H25N5O/c1-2-17(18-19-14-20-21-18)23(7-1)13-16-5-3-15(4-6-16)12-22-8-10-24-11-9-22/h3-6,14,17H,1-2,7-13H2,(H,19,20,21)/t17-/m0/s1. The molecular formula is C18H25N5O. The maximum Gasteiger partial charge on any atom is 0.141 e. The molecule has 0 saturated carbocycles. The molecule has 2 fully saturated rings. The Labute approximate surface area is 142 Å². The van der Waals surface area contributed by atoms with E-state index < -0.39 is 0 Å². The second-order valence-electron chi connectivity index (χ2n) is 6.70. The molecule has 2 aliphatic heterocycles. The minimum absolute atomic E-state index is 0.375. The second-order valence-corrected chi connectivity index (χ2v) is 6.70. The number of hydrogen-bond acceptors (Lipinski definition) is 5. The number of morpholine rings is 1. The highest BCUT2D eigenvalue weighted by Crippen LogP contribution is 2.30. The summed E-state index contributed by atoms with van der Waals surface area (Å²) in [6.45, 7) is 6.91. The lowest BCUT2D eigenvalue weighted by atomic mass is 10.1. The van der Waals surface area contributed by atoms with Gasteiger partial charge in [-0.05, 0) is 30.5 Å². The van der Waals surface area contributed by atoms with Crippen LogP contribution in [0.2, 0.25) is 0 Å². The van der Waals surface area contributed by atoms with Gasteiger partial charge in [0.05, 0.1) is 19.3 Å². The van der Waals surface area contributed by atoms with Gasteiger partial charge in [0.2, 0.25) is 0 Å². The molecule has 0 amide bonds. The minimum Gasteiger partial charge on any atom is -0.379 e. The predicted octanol–water partition coefficient (Wildman–Crippen LogP) is 1.97. The molecule has 3 heterocycles. The molecule has 128 valence electrons. The van der Waals surface area contributed by atoms with Gasteiger partial charge in [-0.1, -0.05) is 24.3 Å². The average molecular weight is 327 g/mol. The van der Waals surface area contributed by atoms with Gasteiger partial charge >= 0.3 is 0 Å². The van der Waals surface area contributed by atoms with Gasteiger partial charge in [-0.25, -0.2) is 4.98 Å². The molecule has 2 saturated heterocycles. The number of rotatable bonds is 5. The van der Waals surface area contributed by atoms with Gasteiger partial charge in [-0.2, -0.15) is 5.10 Å². The molecule has 24 heavy (non-hydrogen) atoms. The molecule has 0 spiro atoms. The summed E-state index contributed by atoms with van der Waals surface area (Å²) in [6, 6.07) is 9.45. The number of likely N-dealkylation sites (tertiary alicyclic amines) is 1. The fourth-order valence-corrected chi connectivity index (χ4v) is 3.70. The molecule has 2 aromatic rings. The number of aromatic nitrogens is 3. The van der Waals surface area contributed by atoms with Crippen LogP contribution in [0, 0.1) is 0 Å². The first-order valence-electron chi connectivity index (χ1n) is 8.86. The zero-order valence-electron chi connectivity index (χ0n) is 14.0. The minimum atomic E-state index is 0.375. The highest BCUT2D eigenvalue weighted by atomic mass is 16.5. The number of benzene rings is 1. The van der Waals surface area contributed by atoms with Gasteiger partial charge in [-0.3, -0.25) is 14.9 Å². The van der Waals surface area contributed by atoms with Crippen molar-refractivity contribution in [2.75, 3.05) is 32.8 Å². The van der Waals surface area contributed by atoms with Crippen molar-refractivity contribution < 1.29 is 4.74 Å². The van der Waals surface area contributed by atoms with E-state index >= 15 is 0 Å². The Hall–Kier alpha value is -1.76. The van der Waals surface area contributed by atoms with Gasteiger partial charge in [0.25, 0.3) is 0 Å². The van der Waals surface area contributed by atoms with Crippen molar-refractivity contribution in [3.05, 3.63) is 47.5 Å². The zero-order chi connectivity index (χ0) is 16.2. The summed E-state index contributed by atoms with van der Waals surface area (Å²) >= 11 is 0. The zero-order valence-corrected chi connectivity index (χ0v) is 14.0. The van der Waals surface area contributed by atoms with Crippen LogP contribution in [0.25, 0.3) is 0 Å². The SMILES string of the molecule is c1n[nH]c([C@@H]2CCCN2Cc2ccc(CN3CCOCC3)cc2)n1. The van der Waals surface area contributed by atoms with E-state index in [-0.39, 0.29) is 0 Å². The van der Waals surface area contributed by atoms with Crippen molar-refractivity contribution in [1.29, 1.82) is 0 Å². The van der Waals surface area contributed by atoms with E-state index in [0.29, 0.717) is 6.04 Å². The maximum atomic E-state index is 5.41. The van der Waals surface area contributed by atoms with Crippen LogP contribution in [0.5, 0.6) is 0 Å². The van der Waals surface area contributed by atoms with Crippen molar-refractivity contribution in [1.82, 2.24) is 25.0 Å². The Balaban J connectivity index is 1.36. The van der Waals surface area contributed by atoms with Crippen LogP contribution in [0.15, 0.2) is 30.6 Å². The molecule has 2 aliphatic rings. The number of ether oxygens (including phenoxy) is 1. The molecule has 0 bridgehead atoms. The normalized spacial score (nSPS) is 22.9. The van der Waals surface area contributed by atoms with Gasteiger partial charge in [0.15, 0.2) is 0 Å². The van der Waals surface area contributed by atoms with Crippen molar-refractivity contribution >= 4 is 0 Å². The van der Waals surface area contributed by atoms with E-state index in [9.17, 15) is 0 Å². The summed E-state index contributed by atoms with van der Waals surface area (Å²) in [4.78, 5) is 9.30. The molecule has 6 heteroatoms. The molecule has 1 aromatic heterocycles. The highest BCUT2D eigenvalue weighted by Gasteiger charge is 2.27. The Morgan fingerprint density at radius 3 is 2.50 bits per heavy atom. The largest absolute Gasteiger partial charge is 0.379 e. The Morgan fingerprint density at radius 1 is 1.04 bits per heavy atom. The van der Waals surface area contributed by atoms with Gasteiger partial charge < -0.3 is 4.74 Å². The van der Waals surface area contributed by atoms with E-state index in [1.165, 1.54) is 17.5 Å². The van der Waals surface area contributed by atoms with E-state index in [1.54, 1.807) is 6.33 Å². The van der Waals surface area contributed by atoms with Gasteiger partial charge in [0, 0.05) is 26.2 Å². The van der Waals surface area contributed by atoms with Crippen molar-refractivity contribution in [2.45, 2.75) is 32.0 Å². The van der Waals surface area contributed by atoms with E-state index in [2.05, 4.69) is 49.2 Å². The van der Waals surface area contributed by atoms with Crippen LogP contribution in [-0.4, -0.2) is 57.8 Å². The smallest absolute Gasteiger partial charge is 0.141 e. The lowest BCUT2D eigenvalue weighted by Gasteiger charge is -2.26. The number of aromatic amines is 1. The Kier molecular flexibility index (Phi) is 4.87. The molecule has 1 atom stereocenters. The lowest BCUT2D eigenvalue weighted by Crippen LogP contribution is -2.35. The highest BCUT2D eigenvalue weighted by molar-refractivity contribution is 5.23. The average Bonchev–Trinajstić information content (AvgIpc) is 3.29. The fraction of sp³-hybridized carbons (Fsp3) is 0.556. The predicted molar refractivity (Wildman–Crippen MR) is 91.3 cm³/mol. The van der Waals surface area contributed by atoms with Crippen molar-refractivity contribution in [3.63, 3.8) is 0 Å². The summed E-state index contributed by atoms with van der Waals surface area (Å²) in [6.07, 6.45) is 3.98. The number of H-pyrrole nitrogens is 1. The molecule has 0 radical (unpaired) electrons. The molecule has 1 N–H and O–H groups in total. The van der Waals surface area contributed by atoms with E-state index in [4.69, 9.17) is 4.74 Å². The van der Waals surface area contributed by atoms with Crippen LogP contribution in [0.3, 0.4) is 0 Å². The molecule has 6 nitrogen and oxygen atoms in total. The third-order valence-corrected chi connectivity index (χ3v) is 5.03. The number of hydrogen-bond donors (Lipinski definition) is 1. The monoisotopic (exact) mass is 327 g/mol. The molecule has 0 aliphatic carbocycles. The Bertz CT molecular complexity index is 621. The van der Waals surface area contributed by atoms with Crippen LogP contribution < -0.4 is 0 Å². The quantitative estimate of drug-likeness (QED) is 0.910. The molecule has 1 aromatic carbocycles. The molecule has 4 rings (SSSR count). The molecule has 0 unspecified atom stereocenters. The number of nitrogens with one attached hydrogen (secondary N) is 1.